The van der Waals surface area contributed by atoms with Gasteiger partial charge in [-0.2, -0.15) is 0 Å². The number of aromatic nitrogens is 2. The Morgan fingerprint density at radius 3 is 2.59 bits per heavy atom. The Bertz CT molecular complexity index is 650. The zero-order chi connectivity index (χ0) is 15.9. The van der Waals surface area contributed by atoms with E-state index in [4.69, 9.17) is 9.47 Å². The second-order valence-corrected chi connectivity index (χ2v) is 5.25. The molecule has 1 amide bonds. The van der Waals surface area contributed by atoms with E-state index in [0.29, 0.717) is 30.2 Å². The van der Waals surface area contributed by atoms with Gasteiger partial charge in [0, 0.05) is 23.4 Å². The summed E-state index contributed by atoms with van der Waals surface area (Å²) in [5.41, 5.74) is 1.31. The first-order valence-electron chi connectivity index (χ1n) is 6.60. The monoisotopic (exact) mass is 365 g/mol. The minimum absolute atomic E-state index is 0.246. The molecule has 0 fully saturated rings. The molecule has 0 atom stereocenters. The molecule has 0 radical (unpaired) electrons. The third kappa shape index (κ3) is 3.94. The quantitative estimate of drug-likeness (QED) is 0.849. The number of halogens is 1. The van der Waals surface area contributed by atoms with E-state index in [-0.39, 0.29) is 5.91 Å². The van der Waals surface area contributed by atoms with Crippen LogP contribution in [0.4, 0.5) is 0 Å². The van der Waals surface area contributed by atoms with E-state index >= 15 is 0 Å². The van der Waals surface area contributed by atoms with Crippen molar-refractivity contribution in [3.63, 3.8) is 0 Å². The number of rotatable bonds is 6. The molecule has 6 nitrogen and oxygen atoms in total. The van der Waals surface area contributed by atoms with Gasteiger partial charge < -0.3 is 14.8 Å². The van der Waals surface area contributed by atoms with Crippen molar-refractivity contribution in [2.45, 2.75) is 6.42 Å². The highest BCUT2D eigenvalue weighted by Gasteiger charge is 2.11. The predicted octanol–water partition coefficient (Wildman–Crippen LogP) is 2.23. The molecule has 0 aliphatic heterocycles. The van der Waals surface area contributed by atoms with Crippen molar-refractivity contribution < 1.29 is 14.3 Å². The van der Waals surface area contributed by atoms with Crippen LogP contribution >= 0.6 is 15.9 Å². The summed E-state index contributed by atoms with van der Waals surface area (Å²) in [4.78, 5) is 19.7. The average Bonchev–Trinajstić information content (AvgIpc) is 2.56. The molecule has 22 heavy (non-hydrogen) atoms. The molecule has 0 aliphatic carbocycles. The standard InChI is InChI=1S/C15H16BrN3O3/c1-21-13-7-10(11(16)8-14(13)22-2)3-4-19-15(20)12-9-17-5-6-18-12/h5-9H,3-4H2,1-2H3,(H,19,20). The Kier molecular flexibility index (Phi) is 5.71. The van der Waals surface area contributed by atoms with Crippen molar-refractivity contribution in [3.05, 3.63) is 46.5 Å². The number of carbonyl (C=O) groups is 1. The summed E-state index contributed by atoms with van der Waals surface area (Å²) < 4.78 is 11.4. The van der Waals surface area contributed by atoms with Gasteiger partial charge in [0.25, 0.3) is 5.91 Å². The lowest BCUT2D eigenvalue weighted by Crippen LogP contribution is -2.26. The Labute approximate surface area is 137 Å². The Hall–Kier alpha value is -2.15. The van der Waals surface area contributed by atoms with Crippen molar-refractivity contribution in [1.82, 2.24) is 15.3 Å². The number of hydrogen-bond acceptors (Lipinski definition) is 5. The largest absolute Gasteiger partial charge is 0.493 e. The van der Waals surface area contributed by atoms with E-state index in [1.165, 1.54) is 18.6 Å². The lowest BCUT2D eigenvalue weighted by Gasteiger charge is -2.12. The lowest BCUT2D eigenvalue weighted by atomic mass is 10.1. The molecule has 7 heteroatoms. The number of methoxy groups -OCH3 is 2. The summed E-state index contributed by atoms with van der Waals surface area (Å²) in [5.74, 6) is 1.06. The zero-order valence-corrected chi connectivity index (χ0v) is 13.9. The summed E-state index contributed by atoms with van der Waals surface area (Å²) in [5, 5.41) is 2.81. The second kappa shape index (κ2) is 7.74. The van der Waals surface area contributed by atoms with Crippen LogP contribution in [-0.2, 0) is 6.42 Å². The van der Waals surface area contributed by atoms with Gasteiger partial charge in [0.2, 0.25) is 0 Å². The van der Waals surface area contributed by atoms with Crippen molar-refractivity contribution in [2.24, 2.45) is 0 Å². The third-order valence-corrected chi connectivity index (χ3v) is 3.77. The summed E-state index contributed by atoms with van der Waals surface area (Å²) in [6.07, 6.45) is 5.09. The van der Waals surface area contributed by atoms with Crippen molar-refractivity contribution in [3.8, 4) is 11.5 Å². The fourth-order valence-corrected chi connectivity index (χ4v) is 2.43. The zero-order valence-electron chi connectivity index (χ0n) is 12.3. The molecule has 0 saturated heterocycles. The van der Waals surface area contributed by atoms with Gasteiger partial charge in [-0.05, 0) is 24.1 Å². The maximum Gasteiger partial charge on any atom is 0.271 e. The molecule has 0 saturated carbocycles. The van der Waals surface area contributed by atoms with Gasteiger partial charge in [-0.25, -0.2) is 4.98 Å². The van der Waals surface area contributed by atoms with E-state index in [1.54, 1.807) is 14.2 Å². The van der Waals surface area contributed by atoms with Crippen LogP contribution in [0.5, 0.6) is 11.5 Å². The molecule has 0 bridgehead atoms. The van der Waals surface area contributed by atoms with Gasteiger partial charge >= 0.3 is 0 Å². The highest BCUT2D eigenvalue weighted by atomic mass is 79.9. The third-order valence-electron chi connectivity index (χ3n) is 3.03. The maximum absolute atomic E-state index is 11.9. The van der Waals surface area contributed by atoms with Gasteiger partial charge in [0.1, 0.15) is 5.69 Å². The van der Waals surface area contributed by atoms with Gasteiger partial charge in [0.05, 0.1) is 20.4 Å². The van der Waals surface area contributed by atoms with Gasteiger partial charge in [-0.15, -0.1) is 0 Å². The first-order valence-corrected chi connectivity index (χ1v) is 7.39. The fraction of sp³-hybridized carbons (Fsp3) is 0.267. The molecule has 0 spiro atoms. The fourth-order valence-electron chi connectivity index (χ4n) is 1.91. The van der Waals surface area contributed by atoms with Crippen LogP contribution in [0.15, 0.2) is 35.2 Å². The van der Waals surface area contributed by atoms with Crippen LogP contribution in [0.1, 0.15) is 16.1 Å². The normalized spacial score (nSPS) is 10.1. The van der Waals surface area contributed by atoms with E-state index in [9.17, 15) is 4.79 Å². The highest BCUT2D eigenvalue weighted by molar-refractivity contribution is 9.10. The molecule has 1 aromatic carbocycles. The lowest BCUT2D eigenvalue weighted by molar-refractivity contribution is 0.0948. The van der Waals surface area contributed by atoms with Gasteiger partial charge in [0.15, 0.2) is 11.5 Å². The minimum atomic E-state index is -0.246. The number of hydrogen-bond donors (Lipinski definition) is 1. The number of amides is 1. The molecular weight excluding hydrogens is 350 g/mol. The van der Waals surface area contributed by atoms with Gasteiger partial charge in [-0.3, -0.25) is 9.78 Å². The number of ether oxygens (including phenoxy) is 2. The van der Waals surface area contributed by atoms with Crippen LogP contribution in [0.3, 0.4) is 0 Å². The van der Waals surface area contributed by atoms with Crippen LogP contribution in [0.25, 0.3) is 0 Å². The van der Waals surface area contributed by atoms with Gasteiger partial charge in [-0.1, -0.05) is 15.9 Å². The molecule has 0 aliphatic rings. The topological polar surface area (TPSA) is 73.3 Å². The molecule has 0 unspecified atom stereocenters. The number of carbonyl (C=O) groups excluding carboxylic acids is 1. The smallest absolute Gasteiger partial charge is 0.271 e. The second-order valence-electron chi connectivity index (χ2n) is 4.40. The molecule has 1 aromatic heterocycles. The van der Waals surface area contributed by atoms with Crippen LogP contribution < -0.4 is 14.8 Å². The molecule has 1 N–H and O–H groups in total. The number of nitrogens with zero attached hydrogens (tertiary/aromatic N) is 2. The van der Waals surface area contributed by atoms with E-state index in [2.05, 4.69) is 31.2 Å². The molecule has 116 valence electrons. The summed E-state index contributed by atoms with van der Waals surface area (Å²) in [6, 6.07) is 3.73. The average molecular weight is 366 g/mol. The summed E-state index contributed by atoms with van der Waals surface area (Å²) >= 11 is 3.49. The molecule has 1 heterocycles. The van der Waals surface area contributed by atoms with E-state index in [0.717, 1.165) is 10.0 Å². The van der Waals surface area contributed by atoms with E-state index < -0.39 is 0 Å². The summed E-state index contributed by atoms with van der Waals surface area (Å²) in [6.45, 7) is 0.476. The van der Waals surface area contributed by atoms with Crippen LogP contribution in [0, 0.1) is 0 Å². The predicted molar refractivity (Wildman–Crippen MR) is 85.3 cm³/mol. The van der Waals surface area contributed by atoms with Crippen LogP contribution in [-0.4, -0.2) is 36.6 Å². The highest BCUT2D eigenvalue weighted by Crippen LogP contribution is 2.33. The van der Waals surface area contributed by atoms with Crippen molar-refractivity contribution >= 4 is 21.8 Å². The Balaban J connectivity index is 1.98. The first kappa shape index (κ1) is 16.2. The Morgan fingerprint density at radius 1 is 1.23 bits per heavy atom. The molecule has 2 aromatic rings. The number of benzene rings is 1. The SMILES string of the molecule is COc1cc(Br)c(CCNC(=O)c2cnccn2)cc1OC. The van der Waals surface area contributed by atoms with Crippen molar-refractivity contribution in [2.75, 3.05) is 20.8 Å². The molecule has 2 rings (SSSR count). The molecular formula is C15H16BrN3O3. The maximum atomic E-state index is 11.9. The number of nitrogens with one attached hydrogen (secondary N) is 1. The first-order chi connectivity index (χ1) is 10.7. The summed E-state index contributed by atoms with van der Waals surface area (Å²) in [7, 11) is 3.18. The van der Waals surface area contributed by atoms with Crippen LogP contribution in [0.2, 0.25) is 0 Å². The minimum Gasteiger partial charge on any atom is -0.493 e. The van der Waals surface area contributed by atoms with Crippen molar-refractivity contribution in [1.29, 1.82) is 0 Å². The Morgan fingerprint density at radius 2 is 1.95 bits per heavy atom. The van der Waals surface area contributed by atoms with E-state index in [1.807, 2.05) is 12.1 Å².